The highest BCUT2D eigenvalue weighted by Crippen LogP contribution is 2.17. The SMILES string of the molecule is CC1CC(NC(=O)c2ccc(Br)c(F)c2)CCN1.Cl. The number of carbonyl (C=O) groups is 1. The highest BCUT2D eigenvalue weighted by atomic mass is 79.9. The minimum atomic E-state index is -0.415. The first-order chi connectivity index (χ1) is 8.56. The van der Waals surface area contributed by atoms with Crippen molar-refractivity contribution in [3.8, 4) is 0 Å². The first kappa shape index (κ1) is 16.4. The number of nitrogens with one attached hydrogen (secondary N) is 2. The molecule has 2 N–H and O–H groups in total. The maximum Gasteiger partial charge on any atom is 0.251 e. The van der Waals surface area contributed by atoms with E-state index in [1.165, 1.54) is 6.07 Å². The summed E-state index contributed by atoms with van der Waals surface area (Å²) in [6, 6.07) is 5.00. The summed E-state index contributed by atoms with van der Waals surface area (Å²) in [7, 11) is 0. The van der Waals surface area contributed by atoms with Gasteiger partial charge in [-0.15, -0.1) is 12.4 Å². The Bertz CT molecular complexity index is 458. The van der Waals surface area contributed by atoms with E-state index in [1.807, 2.05) is 0 Å². The van der Waals surface area contributed by atoms with Crippen molar-refractivity contribution in [2.75, 3.05) is 6.54 Å². The molecule has 106 valence electrons. The van der Waals surface area contributed by atoms with E-state index in [1.54, 1.807) is 12.1 Å². The van der Waals surface area contributed by atoms with Gasteiger partial charge in [-0.05, 0) is 60.4 Å². The Morgan fingerprint density at radius 3 is 2.89 bits per heavy atom. The lowest BCUT2D eigenvalue weighted by Gasteiger charge is -2.28. The van der Waals surface area contributed by atoms with Crippen LogP contribution in [0.1, 0.15) is 30.1 Å². The van der Waals surface area contributed by atoms with Gasteiger partial charge in [0.25, 0.3) is 5.91 Å². The molecule has 1 aliphatic heterocycles. The third-order valence-corrected chi connectivity index (χ3v) is 3.78. The standard InChI is InChI=1S/C13H16BrFN2O.ClH/c1-8-6-10(4-5-16-8)17-13(18)9-2-3-11(14)12(15)7-9;/h2-3,7-8,10,16H,4-6H2,1H3,(H,17,18);1H. The van der Waals surface area contributed by atoms with Crippen molar-refractivity contribution in [1.82, 2.24) is 10.6 Å². The highest BCUT2D eigenvalue weighted by Gasteiger charge is 2.20. The van der Waals surface area contributed by atoms with Gasteiger partial charge in [0.1, 0.15) is 5.82 Å². The molecule has 1 heterocycles. The normalized spacial score (nSPS) is 22.5. The summed E-state index contributed by atoms with van der Waals surface area (Å²) in [5.41, 5.74) is 0.363. The fraction of sp³-hybridized carbons (Fsp3) is 0.462. The van der Waals surface area contributed by atoms with Crippen LogP contribution in [0, 0.1) is 5.82 Å². The third-order valence-electron chi connectivity index (χ3n) is 3.14. The molecule has 0 spiro atoms. The Kier molecular flexibility index (Phi) is 6.23. The van der Waals surface area contributed by atoms with E-state index in [4.69, 9.17) is 0 Å². The van der Waals surface area contributed by atoms with Crippen LogP contribution < -0.4 is 10.6 Å². The number of benzene rings is 1. The summed E-state index contributed by atoms with van der Waals surface area (Å²) in [6.45, 7) is 3.00. The number of hydrogen-bond acceptors (Lipinski definition) is 2. The van der Waals surface area contributed by atoms with E-state index in [2.05, 4.69) is 33.5 Å². The van der Waals surface area contributed by atoms with Crippen LogP contribution >= 0.6 is 28.3 Å². The average molecular weight is 352 g/mol. The summed E-state index contributed by atoms with van der Waals surface area (Å²) in [4.78, 5) is 12.0. The van der Waals surface area contributed by atoms with Gasteiger partial charge in [-0.25, -0.2) is 4.39 Å². The molecular weight excluding hydrogens is 335 g/mol. The van der Waals surface area contributed by atoms with Gasteiger partial charge < -0.3 is 10.6 Å². The molecule has 2 unspecified atom stereocenters. The molecule has 3 nitrogen and oxygen atoms in total. The number of carbonyl (C=O) groups excluding carboxylic acids is 1. The summed E-state index contributed by atoms with van der Waals surface area (Å²) in [5, 5.41) is 6.28. The Balaban J connectivity index is 0.00000180. The zero-order valence-corrected chi connectivity index (χ0v) is 13.0. The minimum absolute atomic E-state index is 0. The van der Waals surface area contributed by atoms with Gasteiger partial charge >= 0.3 is 0 Å². The number of amides is 1. The fourth-order valence-electron chi connectivity index (χ4n) is 2.17. The van der Waals surface area contributed by atoms with Gasteiger partial charge in [0.15, 0.2) is 0 Å². The summed E-state index contributed by atoms with van der Waals surface area (Å²) in [6.07, 6.45) is 1.82. The lowest BCUT2D eigenvalue weighted by Crippen LogP contribution is -2.46. The Morgan fingerprint density at radius 1 is 1.53 bits per heavy atom. The van der Waals surface area contributed by atoms with Gasteiger partial charge in [0.2, 0.25) is 0 Å². The van der Waals surface area contributed by atoms with Crippen molar-refractivity contribution in [2.45, 2.75) is 31.8 Å². The molecule has 0 aromatic heterocycles. The van der Waals surface area contributed by atoms with E-state index in [0.29, 0.717) is 16.1 Å². The Labute approximate surface area is 126 Å². The monoisotopic (exact) mass is 350 g/mol. The predicted molar refractivity (Wildman–Crippen MR) is 79.3 cm³/mol. The summed E-state index contributed by atoms with van der Waals surface area (Å²) >= 11 is 3.07. The van der Waals surface area contributed by atoms with E-state index < -0.39 is 5.82 Å². The quantitative estimate of drug-likeness (QED) is 0.860. The second-order valence-corrected chi connectivity index (χ2v) is 5.53. The first-order valence-electron chi connectivity index (χ1n) is 6.05. The lowest BCUT2D eigenvalue weighted by atomic mass is 10.0. The first-order valence-corrected chi connectivity index (χ1v) is 6.85. The topological polar surface area (TPSA) is 41.1 Å². The summed E-state index contributed by atoms with van der Waals surface area (Å²) < 4.78 is 13.7. The molecular formula is C13H17BrClFN2O. The zero-order chi connectivity index (χ0) is 13.1. The fourth-order valence-corrected chi connectivity index (χ4v) is 2.42. The molecule has 1 aromatic carbocycles. The smallest absolute Gasteiger partial charge is 0.251 e. The number of halogens is 3. The van der Waals surface area contributed by atoms with Crippen molar-refractivity contribution in [3.05, 3.63) is 34.1 Å². The molecule has 0 radical (unpaired) electrons. The second kappa shape index (κ2) is 7.22. The molecule has 0 bridgehead atoms. The van der Waals surface area contributed by atoms with Crippen LogP contribution in [0.4, 0.5) is 4.39 Å². The molecule has 0 saturated carbocycles. The van der Waals surface area contributed by atoms with Gasteiger partial charge in [-0.2, -0.15) is 0 Å². The van der Waals surface area contributed by atoms with Crippen LogP contribution in [-0.4, -0.2) is 24.5 Å². The third kappa shape index (κ3) is 4.44. The molecule has 1 fully saturated rings. The number of rotatable bonds is 2. The number of piperidine rings is 1. The van der Waals surface area contributed by atoms with Gasteiger partial charge in [-0.3, -0.25) is 4.79 Å². The van der Waals surface area contributed by atoms with E-state index >= 15 is 0 Å². The Morgan fingerprint density at radius 2 is 2.26 bits per heavy atom. The molecule has 2 rings (SSSR count). The molecule has 19 heavy (non-hydrogen) atoms. The van der Waals surface area contributed by atoms with E-state index in [0.717, 1.165) is 19.4 Å². The van der Waals surface area contributed by atoms with Crippen LogP contribution in [0.2, 0.25) is 0 Å². The van der Waals surface area contributed by atoms with Crippen molar-refractivity contribution in [2.24, 2.45) is 0 Å². The molecule has 0 aliphatic carbocycles. The van der Waals surface area contributed by atoms with Crippen LogP contribution in [0.25, 0.3) is 0 Å². The maximum atomic E-state index is 13.3. The molecule has 2 atom stereocenters. The summed E-state index contributed by atoms with van der Waals surface area (Å²) in [5.74, 6) is -0.623. The second-order valence-electron chi connectivity index (χ2n) is 4.68. The van der Waals surface area contributed by atoms with E-state index in [9.17, 15) is 9.18 Å². The largest absolute Gasteiger partial charge is 0.349 e. The Hall–Kier alpha value is -0.650. The van der Waals surface area contributed by atoms with Crippen molar-refractivity contribution >= 4 is 34.2 Å². The van der Waals surface area contributed by atoms with E-state index in [-0.39, 0.29) is 24.4 Å². The molecule has 1 saturated heterocycles. The molecule has 6 heteroatoms. The van der Waals surface area contributed by atoms with Crippen LogP contribution in [-0.2, 0) is 0 Å². The van der Waals surface area contributed by atoms with Crippen LogP contribution in [0.5, 0.6) is 0 Å². The van der Waals surface area contributed by atoms with Crippen molar-refractivity contribution < 1.29 is 9.18 Å². The highest BCUT2D eigenvalue weighted by molar-refractivity contribution is 9.10. The minimum Gasteiger partial charge on any atom is -0.349 e. The van der Waals surface area contributed by atoms with Gasteiger partial charge in [0, 0.05) is 17.6 Å². The number of hydrogen-bond donors (Lipinski definition) is 2. The molecule has 1 amide bonds. The van der Waals surface area contributed by atoms with Gasteiger partial charge in [-0.1, -0.05) is 0 Å². The molecule has 1 aliphatic rings. The van der Waals surface area contributed by atoms with Gasteiger partial charge in [0.05, 0.1) is 4.47 Å². The van der Waals surface area contributed by atoms with Crippen molar-refractivity contribution in [1.29, 1.82) is 0 Å². The zero-order valence-electron chi connectivity index (χ0n) is 10.6. The van der Waals surface area contributed by atoms with Crippen LogP contribution in [0.15, 0.2) is 22.7 Å². The molecule has 1 aromatic rings. The predicted octanol–water partition coefficient (Wildman–Crippen LogP) is 2.88. The average Bonchev–Trinajstić information content (AvgIpc) is 2.32. The van der Waals surface area contributed by atoms with Crippen LogP contribution in [0.3, 0.4) is 0 Å². The maximum absolute atomic E-state index is 13.3. The lowest BCUT2D eigenvalue weighted by molar-refractivity contribution is 0.0925. The van der Waals surface area contributed by atoms with Crippen molar-refractivity contribution in [3.63, 3.8) is 0 Å².